The summed E-state index contributed by atoms with van der Waals surface area (Å²) in [6, 6.07) is 1.19. The molecule has 1 aromatic heterocycles. The van der Waals surface area contributed by atoms with Crippen molar-refractivity contribution in [2.24, 2.45) is 5.92 Å². The van der Waals surface area contributed by atoms with Gasteiger partial charge in [-0.2, -0.15) is 0 Å². The van der Waals surface area contributed by atoms with Crippen molar-refractivity contribution in [2.75, 3.05) is 6.54 Å². The van der Waals surface area contributed by atoms with Crippen molar-refractivity contribution in [3.05, 3.63) is 23.7 Å². The Bertz CT molecular complexity index is 440. The molecular weight excluding hydrogens is 248 g/mol. The molecule has 0 fully saturated rings. The summed E-state index contributed by atoms with van der Waals surface area (Å²) in [6.07, 6.45) is 1.32. The molecule has 6 nitrogen and oxygen atoms in total. The van der Waals surface area contributed by atoms with Crippen LogP contribution in [0.3, 0.4) is 0 Å². The molecule has 1 heterocycles. The largest absolute Gasteiger partial charge is 0.475 e. The van der Waals surface area contributed by atoms with Gasteiger partial charge in [-0.1, -0.05) is 13.8 Å². The normalized spacial score (nSPS) is 12.4. The summed E-state index contributed by atoms with van der Waals surface area (Å²) in [5.41, 5.74) is 0.524. The summed E-state index contributed by atoms with van der Waals surface area (Å²) in [5, 5.41) is 14.7. The lowest BCUT2D eigenvalue weighted by Gasteiger charge is -2.14. The van der Waals surface area contributed by atoms with E-state index in [9.17, 15) is 9.59 Å². The van der Waals surface area contributed by atoms with Crippen molar-refractivity contribution in [3.8, 4) is 0 Å². The van der Waals surface area contributed by atoms with Gasteiger partial charge in [0.15, 0.2) is 0 Å². The number of hydrogen-bond acceptors (Lipinski definition) is 4. The molecule has 1 atom stereocenters. The molecule has 0 aliphatic heterocycles. The molecule has 1 aromatic rings. The Morgan fingerprint density at radius 1 is 1.37 bits per heavy atom. The maximum Gasteiger partial charge on any atom is 0.372 e. The maximum atomic E-state index is 11.7. The number of aromatic carboxylic acids is 1. The van der Waals surface area contributed by atoms with Crippen molar-refractivity contribution in [2.45, 2.75) is 33.4 Å². The van der Waals surface area contributed by atoms with E-state index in [1.807, 2.05) is 13.8 Å². The van der Waals surface area contributed by atoms with E-state index >= 15 is 0 Å². The van der Waals surface area contributed by atoms with E-state index in [-0.39, 0.29) is 18.2 Å². The SMILES string of the molecule is CC(C)CNC(=O)C(C)NCc1ccoc1C(=O)O. The molecule has 0 spiro atoms. The van der Waals surface area contributed by atoms with Crippen LogP contribution in [0.15, 0.2) is 16.7 Å². The molecule has 6 heteroatoms. The fourth-order valence-electron chi connectivity index (χ4n) is 1.48. The molecule has 0 bridgehead atoms. The lowest BCUT2D eigenvalue weighted by Crippen LogP contribution is -2.43. The van der Waals surface area contributed by atoms with Gasteiger partial charge >= 0.3 is 5.97 Å². The summed E-state index contributed by atoms with van der Waals surface area (Å²) in [6.45, 7) is 6.66. The van der Waals surface area contributed by atoms with E-state index < -0.39 is 12.0 Å². The molecule has 0 aliphatic rings. The van der Waals surface area contributed by atoms with Gasteiger partial charge in [0.25, 0.3) is 0 Å². The summed E-state index contributed by atoms with van der Waals surface area (Å²) in [4.78, 5) is 22.6. The van der Waals surface area contributed by atoms with Crippen LogP contribution in [-0.2, 0) is 11.3 Å². The Labute approximate surface area is 112 Å². The highest BCUT2D eigenvalue weighted by Crippen LogP contribution is 2.10. The highest BCUT2D eigenvalue weighted by atomic mass is 16.4. The average molecular weight is 268 g/mol. The van der Waals surface area contributed by atoms with Crippen LogP contribution in [0.1, 0.15) is 36.9 Å². The second-order valence-corrected chi connectivity index (χ2v) is 4.82. The number of rotatable bonds is 7. The van der Waals surface area contributed by atoms with Crippen molar-refractivity contribution in [1.82, 2.24) is 10.6 Å². The Kier molecular flexibility index (Phi) is 5.57. The summed E-state index contributed by atoms with van der Waals surface area (Å²) < 4.78 is 4.86. The van der Waals surface area contributed by atoms with Gasteiger partial charge in [-0.05, 0) is 18.9 Å². The molecule has 1 rings (SSSR count). The van der Waals surface area contributed by atoms with E-state index in [1.54, 1.807) is 13.0 Å². The van der Waals surface area contributed by atoms with Gasteiger partial charge in [0, 0.05) is 18.7 Å². The van der Waals surface area contributed by atoms with Gasteiger partial charge in [0.05, 0.1) is 12.3 Å². The molecule has 0 aliphatic carbocycles. The van der Waals surface area contributed by atoms with E-state index in [2.05, 4.69) is 10.6 Å². The first-order chi connectivity index (χ1) is 8.91. The smallest absolute Gasteiger partial charge is 0.372 e. The zero-order valence-electron chi connectivity index (χ0n) is 11.4. The molecular formula is C13H20N2O4. The number of hydrogen-bond donors (Lipinski definition) is 3. The first-order valence-corrected chi connectivity index (χ1v) is 6.22. The van der Waals surface area contributed by atoms with E-state index in [1.165, 1.54) is 6.26 Å². The Balaban J connectivity index is 2.45. The van der Waals surface area contributed by atoms with Gasteiger partial charge in [-0.3, -0.25) is 4.79 Å². The molecule has 1 amide bonds. The fourth-order valence-corrected chi connectivity index (χ4v) is 1.48. The zero-order valence-corrected chi connectivity index (χ0v) is 11.4. The van der Waals surface area contributed by atoms with Crippen molar-refractivity contribution < 1.29 is 19.1 Å². The first-order valence-electron chi connectivity index (χ1n) is 6.22. The molecule has 0 aromatic carbocycles. The van der Waals surface area contributed by atoms with Crippen molar-refractivity contribution in [3.63, 3.8) is 0 Å². The molecule has 0 saturated heterocycles. The second-order valence-electron chi connectivity index (χ2n) is 4.82. The monoisotopic (exact) mass is 268 g/mol. The van der Waals surface area contributed by atoms with Crippen LogP contribution in [-0.4, -0.2) is 29.6 Å². The van der Waals surface area contributed by atoms with Crippen molar-refractivity contribution >= 4 is 11.9 Å². The Hall–Kier alpha value is -1.82. The molecule has 3 N–H and O–H groups in total. The highest BCUT2D eigenvalue weighted by molar-refractivity contribution is 5.86. The fraction of sp³-hybridized carbons (Fsp3) is 0.538. The Morgan fingerprint density at radius 2 is 2.05 bits per heavy atom. The molecule has 19 heavy (non-hydrogen) atoms. The number of carboxylic acid groups (broad SMARTS) is 1. The zero-order chi connectivity index (χ0) is 14.4. The molecule has 106 valence electrons. The number of amides is 1. The van der Waals surface area contributed by atoms with Gasteiger partial charge < -0.3 is 20.2 Å². The number of carbonyl (C=O) groups excluding carboxylic acids is 1. The molecule has 0 saturated carbocycles. The van der Waals surface area contributed by atoms with Gasteiger partial charge in [0.1, 0.15) is 0 Å². The van der Waals surface area contributed by atoms with Crippen molar-refractivity contribution in [1.29, 1.82) is 0 Å². The van der Waals surface area contributed by atoms with Gasteiger partial charge in [-0.15, -0.1) is 0 Å². The minimum atomic E-state index is -1.11. The van der Waals surface area contributed by atoms with E-state index in [4.69, 9.17) is 9.52 Å². The summed E-state index contributed by atoms with van der Waals surface area (Å²) in [5.74, 6) is -0.918. The Morgan fingerprint density at radius 3 is 2.63 bits per heavy atom. The molecule has 1 unspecified atom stereocenters. The highest BCUT2D eigenvalue weighted by Gasteiger charge is 2.16. The first kappa shape index (κ1) is 15.2. The minimum Gasteiger partial charge on any atom is -0.475 e. The van der Waals surface area contributed by atoms with Crippen LogP contribution in [0.2, 0.25) is 0 Å². The summed E-state index contributed by atoms with van der Waals surface area (Å²) >= 11 is 0. The predicted molar refractivity (Wildman–Crippen MR) is 69.8 cm³/mol. The maximum absolute atomic E-state index is 11.7. The van der Waals surface area contributed by atoms with Crippen LogP contribution in [0.25, 0.3) is 0 Å². The van der Waals surface area contributed by atoms with Gasteiger partial charge in [0.2, 0.25) is 11.7 Å². The predicted octanol–water partition coefficient (Wildman–Crippen LogP) is 1.23. The molecule has 0 radical (unpaired) electrons. The lowest BCUT2D eigenvalue weighted by atomic mass is 10.2. The summed E-state index contributed by atoms with van der Waals surface area (Å²) in [7, 11) is 0. The van der Waals surface area contributed by atoms with E-state index in [0.717, 1.165) is 0 Å². The third-order valence-electron chi connectivity index (χ3n) is 2.62. The lowest BCUT2D eigenvalue weighted by molar-refractivity contribution is -0.122. The number of carboxylic acids is 1. The van der Waals surface area contributed by atoms with Crippen LogP contribution >= 0.6 is 0 Å². The number of carbonyl (C=O) groups is 2. The van der Waals surface area contributed by atoms with E-state index in [0.29, 0.717) is 18.0 Å². The third kappa shape index (κ3) is 4.75. The van der Waals surface area contributed by atoms with Crippen LogP contribution in [0.4, 0.5) is 0 Å². The minimum absolute atomic E-state index is 0.0951. The standard InChI is InChI=1S/C13H20N2O4/c1-8(2)6-15-12(16)9(3)14-7-10-4-5-19-11(10)13(17)18/h4-5,8-9,14H,6-7H2,1-3H3,(H,15,16)(H,17,18). The van der Waals surface area contributed by atoms with Crippen LogP contribution < -0.4 is 10.6 Å². The average Bonchev–Trinajstić information content (AvgIpc) is 2.81. The number of furan rings is 1. The quantitative estimate of drug-likeness (QED) is 0.691. The second kappa shape index (κ2) is 6.94. The third-order valence-corrected chi connectivity index (χ3v) is 2.62. The van der Waals surface area contributed by atoms with Crippen LogP contribution in [0, 0.1) is 5.92 Å². The van der Waals surface area contributed by atoms with Crippen LogP contribution in [0.5, 0.6) is 0 Å². The van der Waals surface area contributed by atoms with Gasteiger partial charge in [-0.25, -0.2) is 4.79 Å². The number of nitrogens with one attached hydrogen (secondary N) is 2. The topological polar surface area (TPSA) is 91.6 Å².